The maximum absolute atomic E-state index is 14.5. The van der Waals surface area contributed by atoms with Crippen LogP contribution in [0.3, 0.4) is 0 Å². The monoisotopic (exact) mass is 426 g/mol. The normalized spacial score (nSPS) is 19.7. The van der Waals surface area contributed by atoms with E-state index in [1.807, 2.05) is 0 Å². The third-order valence-electron chi connectivity index (χ3n) is 4.97. The van der Waals surface area contributed by atoms with Gasteiger partial charge in [0.1, 0.15) is 16.8 Å². The Kier molecular flexibility index (Phi) is 6.74. The van der Waals surface area contributed by atoms with Crippen LogP contribution in [0.2, 0.25) is 0 Å². The second-order valence-corrected chi connectivity index (χ2v) is 8.66. The molecule has 156 valence electrons. The lowest BCUT2D eigenvalue weighted by Crippen LogP contribution is -2.34. The molecule has 1 heterocycles. The van der Waals surface area contributed by atoms with E-state index in [4.69, 9.17) is 0 Å². The number of hydrogen-bond acceptors (Lipinski definition) is 2. The Morgan fingerprint density at radius 1 is 1.17 bits per heavy atom. The molecule has 0 aromatic heterocycles. The highest BCUT2D eigenvalue weighted by Gasteiger charge is 2.25. The fourth-order valence-corrected chi connectivity index (χ4v) is 4.47. The Morgan fingerprint density at radius 2 is 1.79 bits per heavy atom. The minimum atomic E-state index is -1.67. The zero-order chi connectivity index (χ0) is 21.1. The molecule has 1 N–H and O–H groups in total. The van der Waals surface area contributed by atoms with E-state index >= 15 is 0 Å². The first-order valence-electron chi connectivity index (χ1n) is 9.31. The predicted octanol–water partition coefficient (Wildman–Crippen LogP) is 5.49. The van der Waals surface area contributed by atoms with Gasteiger partial charge in [0.25, 0.3) is 0 Å². The second kappa shape index (κ2) is 9.09. The molecule has 0 spiro atoms. The Labute approximate surface area is 170 Å². The molecular weight excluding hydrogens is 404 g/mol. The highest BCUT2D eigenvalue weighted by molar-refractivity contribution is 7.87. The van der Waals surface area contributed by atoms with Crippen LogP contribution < -0.4 is 5.32 Å². The summed E-state index contributed by atoms with van der Waals surface area (Å²) in [4.78, 5) is 0.0303. The van der Waals surface area contributed by atoms with E-state index in [1.54, 1.807) is 10.4 Å². The summed E-state index contributed by atoms with van der Waals surface area (Å²) in [5.74, 6) is -4.27. The van der Waals surface area contributed by atoms with Crippen molar-refractivity contribution in [1.29, 1.82) is 0 Å². The molecule has 1 aromatic rings. The molecule has 1 unspecified atom stereocenters. The number of nitrogens with zero attached hydrogens (tertiary/aromatic N) is 1. The molecule has 1 aliphatic heterocycles. The van der Waals surface area contributed by atoms with E-state index in [0.717, 1.165) is 25.0 Å². The van der Waals surface area contributed by atoms with E-state index in [9.17, 15) is 21.8 Å². The van der Waals surface area contributed by atoms with E-state index in [1.165, 1.54) is 12.2 Å². The highest BCUT2D eigenvalue weighted by atomic mass is 32.2. The van der Waals surface area contributed by atoms with Gasteiger partial charge >= 0.3 is 0 Å². The van der Waals surface area contributed by atoms with Gasteiger partial charge in [0.15, 0.2) is 17.5 Å². The lowest BCUT2D eigenvalue weighted by Gasteiger charge is -2.29. The Bertz CT molecular complexity index is 908. The molecule has 1 fully saturated rings. The van der Waals surface area contributed by atoms with Crippen molar-refractivity contribution in [3.63, 3.8) is 0 Å². The number of nitrogens with one attached hydrogen (secondary N) is 1. The smallest absolute Gasteiger partial charge is 0.194 e. The number of benzene rings is 1. The Morgan fingerprint density at radius 3 is 2.41 bits per heavy atom. The zero-order valence-corrected chi connectivity index (χ0v) is 16.8. The Balaban J connectivity index is 1.82. The zero-order valence-electron chi connectivity index (χ0n) is 16.0. The van der Waals surface area contributed by atoms with Crippen molar-refractivity contribution >= 4 is 16.7 Å². The van der Waals surface area contributed by atoms with Crippen LogP contribution in [0.4, 0.5) is 23.2 Å². The number of anilines is 1. The van der Waals surface area contributed by atoms with Crippen LogP contribution in [-0.2, 0) is 11.0 Å². The van der Waals surface area contributed by atoms with Gasteiger partial charge in [-0.15, -0.1) is 0 Å². The number of rotatable bonds is 5. The molecule has 3 nitrogen and oxygen atoms in total. The molecule has 3 rings (SSSR count). The van der Waals surface area contributed by atoms with E-state index in [2.05, 4.69) is 18.8 Å². The van der Waals surface area contributed by atoms with Crippen molar-refractivity contribution < 1.29 is 21.8 Å². The third kappa shape index (κ3) is 5.05. The van der Waals surface area contributed by atoms with Gasteiger partial charge in [-0.05, 0) is 42.9 Å². The van der Waals surface area contributed by atoms with Crippen molar-refractivity contribution in [2.24, 2.45) is 5.92 Å². The molecule has 0 saturated carbocycles. The lowest BCUT2D eigenvalue weighted by atomic mass is 10.0. The number of piperidine rings is 1. The second-order valence-electron chi connectivity index (χ2n) is 7.21. The molecule has 1 saturated heterocycles. The molecule has 1 aliphatic carbocycles. The van der Waals surface area contributed by atoms with Gasteiger partial charge < -0.3 is 5.32 Å². The largest absolute Gasteiger partial charge is 0.356 e. The van der Waals surface area contributed by atoms with Gasteiger partial charge in [-0.25, -0.2) is 26.1 Å². The minimum Gasteiger partial charge on any atom is -0.356 e. The SMILES string of the molecule is C=C(Nc1cc(F)c(F)c(F)c1)C1=CC(S(=O)N2CCC(C)CC2)=C(F)C=CC1. The van der Waals surface area contributed by atoms with Crippen molar-refractivity contribution in [3.05, 3.63) is 76.4 Å². The van der Waals surface area contributed by atoms with Gasteiger partial charge in [0.2, 0.25) is 0 Å². The van der Waals surface area contributed by atoms with Crippen LogP contribution in [0.5, 0.6) is 0 Å². The topological polar surface area (TPSA) is 32.3 Å². The van der Waals surface area contributed by atoms with Crippen LogP contribution in [0.25, 0.3) is 0 Å². The molecular formula is C21H22F4N2OS. The van der Waals surface area contributed by atoms with Crippen LogP contribution in [0.15, 0.2) is 58.9 Å². The van der Waals surface area contributed by atoms with Gasteiger partial charge in [0.05, 0.1) is 4.91 Å². The first-order chi connectivity index (χ1) is 13.8. The van der Waals surface area contributed by atoms with Crippen LogP contribution in [0.1, 0.15) is 26.2 Å². The van der Waals surface area contributed by atoms with Crippen molar-refractivity contribution in [2.45, 2.75) is 26.2 Å². The molecule has 29 heavy (non-hydrogen) atoms. The summed E-state index contributed by atoms with van der Waals surface area (Å²) in [6, 6.07) is 1.61. The van der Waals surface area contributed by atoms with Crippen LogP contribution in [0, 0.1) is 23.4 Å². The molecule has 0 amide bonds. The molecule has 1 atom stereocenters. The molecule has 1 aromatic carbocycles. The van der Waals surface area contributed by atoms with E-state index < -0.39 is 34.3 Å². The van der Waals surface area contributed by atoms with Crippen LogP contribution in [-0.4, -0.2) is 21.6 Å². The first-order valence-corrected chi connectivity index (χ1v) is 10.4. The number of hydrogen-bond donors (Lipinski definition) is 1. The summed E-state index contributed by atoms with van der Waals surface area (Å²) in [6.45, 7) is 7.19. The summed E-state index contributed by atoms with van der Waals surface area (Å²) in [5.41, 5.74) is 0.724. The van der Waals surface area contributed by atoms with Gasteiger partial charge in [-0.3, -0.25) is 0 Å². The minimum absolute atomic E-state index is 0.0299. The van der Waals surface area contributed by atoms with Crippen molar-refractivity contribution in [1.82, 2.24) is 4.31 Å². The van der Waals surface area contributed by atoms with Crippen molar-refractivity contribution in [3.8, 4) is 0 Å². The quantitative estimate of drug-likeness (QED) is 0.499. The molecule has 0 bridgehead atoms. The van der Waals surface area contributed by atoms with Gasteiger partial charge in [-0.2, -0.15) is 0 Å². The number of halogens is 4. The molecule has 0 radical (unpaired) electrons. The summed E-state index contributed by atoms with van der Waals surface area (Å²) in [6.07, 6.45) is 6.33. The van der Waals surface area contributed by atoms with E-state index in [-0.39, 0.29) is 22.7 Å². The lowest BCUT2D eigenvalue weighted by molar-refractivity contribution is 0.300. The third-order valence-corrected chi connectivity index (χ3v) is 6.50. The summed E-state index contributed by atoms with van der Waals surface area (Å²) in [7, 11) is -1.67. The standard InChI is InChI=1S/C21H22F4N2OS/c1-13-6-8-27(9-7-13)29(28)20-10-15(4-3-5-17(20)22)14(2)26-16-11-18(23)21(25)19(24)12-16/h3,5,10-13,26H,2,4,6-9H2,1H3. The van der Waals surface area contributed by atoms with Gasteiger partial charge in [0, 0.05) is 36.6 Å². The van der Waals surface area contributed by atoms with Crippen molar-refractivity contribution in [2.75, 3.05) is 18.4 Å². The average molecular weight is 426 g/mol. The maximum Gasteiger partial charge on any atom is 0.194 e. The highest BCUT2D eigenvalue weighted by Crippen LogP contribution is 2.29. The van der Waals surface area contributed by atoms with E-state index in [0.29, 0.717) is 24.6 Å². The molecule has 8 heteroatoms. The van der Waals surface area contributed by atoms with Gasteiger partial charge in [-0.1, -0.05) is 19.6 Å². The summed E-state index contributed by atoms with van der Waals surface area (Å²) in [5, 5.41) is 2.71. The fourth-order valence-electron chi connectivity index (χ4n) is 3.17. The fraction of sp³-hybridized carbons (Fsp3) is 0.333. The van der Waals surface area contributed by atoms with Crippen LogP contribution >= 0.6 is 0 Å². The average Bonchev–Trinajstić information content (AvgIpc) is 2.88. The maximum atomic E-state index is 14.5. The first kappa shape index (κ1) is 21.5. The summed E-state index contributed by atoms with van der Waals surface area (Å²) < 4.78 is 69.2. The molecule has 2 aliphatic rings. The number of allylic oxidation sites excluding steroid dienone is 5. The summed E-state index contributed by atoms with van der Waals surface area (Å²) >= 11 is 0. The predicted molar refractivity (Wildman–Crippen MR) is 107 cm³/mol. The Hall–Kier alpha value is -2.19.